The van der Waals surface area contributed by atoms with Crippen LogP contribution in [0.1, 0.15) is 56.9 Å². The van der Waals surface area contributed by atoms with Crippen molar-refractivity contribution in [3.63, 3.8) is 0 Å². The summed E-state index contributed by atoms with van der Waals surface area (Å²) in [4.78, 5) is 26.4. The molecule has 9 heteroatoms. The summed E-state index contributed by atoms with van der Waals surface area (Å²) in [6, 6.07) is 8.63. The van der Waals surface area contributed by atoms with E-state index in [0.717, 1.165) is 57.1 Å². The van der Waals surface area contributed by atoms with Crippen LogP contribution in [0.3, 0.4) is 0 Å². The fourth-order valence-corrected chi connectivity index (χ4v) is 5.88. The highest BCUT2D eigenvalue weighted by molar-refractivity contribution is 6.25. The third-order valence-electron chi connectivity index (χ3n) is 7.07. The predicted molar refractivity (Wildman–Crippen MR) is 141 cm³/mol. The van der Waals surface area contributed by atoms with Crippen LogP contribution in [0.4, 0.5) is 0 Å². The molecule has 2 aliphatic rings. The molecule has 3 N–H and O–H groups in total. The molecule has 202 valence electrons. The Bertz CT molecular complexity index is 809. The van der Waals surface area contributed by atoms with Crippen LogP contribution in [0.2, 0.25) is 0 Å². The van der Waals surface area contributed by atoms with E-state index in [4.69, 9.17) is 32.7 Å². The fraction of sp³-hybridized carbons (Fsp3) is 0.704. The van der Waals surface area contributed by atoms with Crippen LogP contribution in [-0.2, 0) is 25.5 Å². The van der Waals surface area contributed by atoms with Gasteiger partial charge in [0.15, 0.2) is 0 Å². The molecule has 0 bridgehead atoms. The van der Waals surface area contributed by atoms with Gasteiger partial charge >= 0.3 is 5.97 Å². The minimum Gasteiger partial charge on any atom is -0.461 e. The summed E-state index contributed by atoms with van der Waals surface area (Å²) in [5, 5.41) is 15.4. The van der Waals surface area contributed by atoms with Crippen molar-refractivity contribution in [3.8, 4) is 0 Å². The number of unbranched alkanes of at least 4 members (excludes halogenated alkanes) is 1. The van der Waals surface area contributed by atoms with Crippen molar-refractivity contribution < 1.29 is 24.2 Å². The number of nitrogens with one attached hydrogen (secondary N) is 2. The predicted octanol–water partition coefficient (Wildman–Crippen LogP) is 3.57. The number of hydrogen-bond donors (Lipinski definition) is 3. The fourth-order valence-electron chi connectivity index (χ4n) is 4.96. The molecule has 5 unspecified atom stereocenters. The first-order chi connectivity index (χ1) is 17.4. The van der Waals surface area contributed by atoms with Crippen LogP contribution in [-0.4, -0.2) is 72.3 Å². The number of carbonyl (C=O) groups excluding carboxylic acids is 2. The van der Waals surface area contributed by atoms with E-state index < -0.39 is 46.8 Å². The van der Waals surface area contributed by atoms with Gasteiger partial charge in [-0.15, -0.1) is 23.2 Å². The van der Waals surface area contributed by atoms with E-state index in [2.05, 4.69) is 10.6 Å². The quantitative estimate of drug-likeness (QED) is 0.212. The second-order valence-corrected chi connectivity index (χ2v) is 11.0. The molecule has 36 heavy (non-hydrogen) atoms. The Kier molecular flexibility index (Phi) is 12.3. The van der Waals surface area contributed by atoms with Crippen LogP contribution < -0.4 is 10.6 Å². The molecule has 0 saturated heterocycles. The molecule has 1 aromatic rings. The molecule has 0 radical (unpaired) electrons. The summed E-state index contributed by atoms with van der Waals surface area (Å²) in [6.45, 7) is 1.37. The third kappa shape index (κ3) is 8.59. The lowest BCUT2D eigenvalue weighted by Gasteiger charge is -2.39. The first kappa shape index (κ1) is 29.2. The molecule has 2 aliphatic carbocycles. The zero-order valence-electron chi connectivity index (χ0n) is 21.0. The van der Waals surface area contributed by atoms with Crippen LogP contribution in [0.25, 0.3) is 0 Å². The molecular weight excluding hydrogens is 503 g/mol. The van der Waals surface area contributed by atoms with Crippen molar-refractivity contribution in [2.45, 2.75) is 92.9 Å². The summed E-state index contributed by atoms with van der Waals surface area (Å²) in [5.74, 6) is -1.75. The highest BCUT2D eigenvalue weighted by Gasteiger charge is 2.46. The molecule has 2 saturated carbocycles. The zero-order chi connectivity index (χ0) is 25.9. The lowest BCUT2D eigenvalue weighted by Crippen LogP contribution is -2.56. The largest absolute Gasteiger partial charge is 0.461 e. The first-order valence-electron chi connectivity index (χ1n) is 13.2. The van der Waals surface area contributed by atoms with Gasteiger partial charge in [0.1, 0.15) is 12.1 Å². The molecule has 7 nitrogen and oxygen atoms in total. The summed E-state index contributed by atoms with van der Waals surface area (Å²) < 4.78 is 11.7. The molecule has 3 rings (SSSR count). The van der Waals surface area contributed by atoms with Crippen LogP contribution in [0, 0.1) is 5.92 Å². The number of carbonyl (C=O) groups is 2. The van der Waals surface area contributed by atoms with Gasteiger partial charge in [-0.1, -0.05) is 36.8 Å². The van der Waals surface area contributed by atoms with Crippen molar-refractivity contribution in [1.82, 2.24) is 10.6 Å². The second kappa shape index (κ2) is 15.1. The average molecular weight is 544 g/mol. The van der Waals surface area contributed by atoms with Gasteiger partial charge in [-0.3, -0.25) is 4.79 Å². The Morgan fingerprint density at radius 2 is 1.83 bits per heavy atom. The van der Waals surface area contributed by atoms with Crippen LogP contribution in [0.5, 0.6) is 0 Å². The summed E-state index contributed by atoms with van der Waals surface area (Å²) in [7, 11) is 1.90. The lowest BCUT2D eigenvalue weighted by atomic mass is 9.83. The normalized spacial score (nSPS) is 27.8. The third-order valence-corrected chi connectivity index (χ3v) is 8.01. The van der Waals surface area contributed by atoms with Crippen LogP contribution >= 0.6 is 23.2 Å². The summed E-state index contributed by atoms with van der Waals surface area (Å²) in [5.41, 5.74) is 0.907. The maximum Gasteiger partial charge on any atom is 0.329 e. The molecule has 0 spiro atoms. The number of halogens is 2. The van der Waals surface area contributed by atoms with Crippen molar-refractivity contribution in [3.05, 3.63) is 35.9 Å². The summed E-state index contributed by atoms with van der Waals surface area (Å²) in [6.07, 6.45) is 5.39. The van der Waals surface area contributed by atoms with Gasteiger partial charge in [0.05, 0.1) is 28.9 Å². The number of alkyl halides is 2. The molecule has 6 atom stereocenters. The maximum atomic E-state index is 13.3. The van der Waals surface area contributed by atoms with Crippen molar-refractivity contribution in [2.75, 3.05) is 20.2 Å². The highest BCUT2D eigenvalue weighted by Crippen LogP contribution is 2.34. The number of benzene rings is 1. The number of hydrogen-bond acceptors (Lipinski definition) is 6. The molecule has 0 aliphatic heterocycles. The van der Waals surface area contributed by atoms with Gasteiger partial charge in [0, 0.05) is 13.0 Å². The Morgan fingerprint density at radius 3 is 2.53 bits per heavy atom. The van der Waals surface area contributed by atoms with Crippen molar-refractivity contribution in [2.24, 2.45) is 5.92 Å². The molecule has 0 aromatic heterocycles. The number of rotatable bonds is 12. The van der Waals surface area contributed by atoms with E-state index in [1.165, 1.54) is 0 Å². The number of aliphatic hydroxyl groups excluding tert-OH is 1. The number of esters is 1. The SMILES string of the molecule is CNCCCCOC1C(Cl)CC(C(=O)N[C@@H](Cc2ccccc2)C(=O)OC2CCCCC2)C(O)C1Cl. The molecule has 0 heterocycles. The van der Waals surface area contributed by atoms with Gasteiger partial charge in [-0.25, -0.2) is 4.79 Å². The Balaban J connectivity index is 1.62. The van der Waals surface area contributed by atoms with Crippen LogP contribution in [0.15, 0.2) is 30.3 Å². The van der Waals surface area contributed by atoms with Crippen molar-refractivity contribution >= 4 is 35.1 Å². The smallest absolute Gasteiger partial charge is 0.329 e. The van der Waals surface area contributed by atoms with E-state index in [9.17, 15) is 14.7 Å². The van der Waals surface area contributed by atoms with Crippen molar-refractivity contribution in [1.29, 1.82) is 0 Å². The van der Waals surface area contributed by atoms with E-state index in [-0.39, 0.29) is 12.5 Å². The Morgan fingerprint density at radius 1 is 1.11 bits per heavy atom. The number of amides is 1. The number of ether oxygens (including phenoxy) is 2. The lowest BCUT2D eigenvalue weighted by molar-refractivity contribution is -0.155. The van der Waals surface area contributed by atoms with Gasteiger partial charge in [-0.05, 0) is 64.1 Å². The Labute approximate surface area is 224 Å². The molecule has 1 aromatic carbocycles. The minimum atomic E-state index is -1.14. The summed E-state index contributed by atoms with van der Waals surface area (Å²) >= 11 is 13.1. The van der Waals surface area contributed by atoms with Gasteiger partial charge < -0.3 is 25.2 Å². The van der Waals surface area contributed by atoms with E-state index in [0.29, 0.717) is 13.0 Å². The topological polar surface area (TPSA) is 96.9 Å². The van der Waals surface area contributed by atoms with Gasteiger partial charge in [0.2, 0.25) is 5.91 Å². The first-order valence-corrected chi connectivity index (χ1v) is 14.0. The molecule has 2 fully saturated rings. The monoisotopic (exact) mass is 542 g/mol. The average Bonchev–Trinajstić information content (AvgIpc) is 2.88. The van der Waals surface area contributed by atoms with Gasteiger partial charge in [0.25, 0.3) is 0 Å². The standard InChI is InChI=1S/C27H40Cl2N2O5/c1-30-14-8-9-15-35-25-21(28)17-20(24(32)23(25)29)26(33)31-22(16-18-10-4-2-5-11-18)27(34)36-19-12-6-3-7-13-19/h2,4-5,10-11,19-25,30,32H,3,6-9,12-17H2,1H3,(H,31,33)/t20?,21?,22-,23?,24?,25?/m0/s1. The zero-order valence-corrected chi connectivity index (χ0v) is 22.6. The highest BCUT2D eigenvalue weighted by atomic mass is 35.5. The Hall–Kier alpha value is -1.38. The molecular formula is C27H40Cl2N2O5. The number of aliphatic hydroxyl groups is 1. The van der Waals surface area contributed by atoms with Gasteiger partial charge in [-0.2, -0.15) is 0 Å². The molecule has 1 amide bonds. The van der Waals surface area contributed by atoms with E-state index in [1.54, 1.807) is 0 Å². The maximum absolute atomic E-state index is 13.3. The van der Waals surface area contributed by atoms with E-state index >= 15 is 0 Å². The second-order valence-electron chi connectivity index (χ2n) is 9.89. The van der Waals surface area contributed by atoms with E-state index in [1.807, 2.05) is 37.4 Å². The minimum absolute atomic E-state index is 0.118.